The predicted octanol–water partition coefficient (Wildman–Crippen LogP) is 2.17. The zero-order valence-corrected chi connectivity index (χ0v) is 18.1. The number of hydrogen-bond acceptors (Lipinski definition) is 7. The van der Waals surface area contributed by atoms with Crippen molar-refractivity contribution in [2.45, 2.75) is 45.3 Å². The quantitative estimate of drug-likeness (QED) is 0.685. The number of methoxy groups -OCH3 is 2. The molecular weight excluding hydrogens is 392 g/mol. The van der Waals surface area contributed by atoms with Crippen LogP contribution in [0.1, 0.15) is 33.6 Å². The third kappa shape index (κ3) is 6.53. The summed E-state index contributed by atoms with van der Waals surface area (Å²) in [5.41, 5.74) is -0.641. The molecular formula is C21H30N2O7. The number of ether oxygens (including phenoxy) is 4. The van der Waals surface area contributed by atoms with Crippen molar-refractivity contribution in [1.82, 2.24) is 10.2 Å². The number of nitrogens with one attached hydrogen (secondary N) is 1. The molecule has 0 aliphatic carbocycles. The standard InChI is InChI=1S/C21H30N2O7/c1-21(2,3)30-20(26)23-10-6-7-16(23)19(25)22-12-14(24)13-29-15-8-9-17(27-4)18(11-15)28-5/h8-9,11,16H,6-7,10,12-13H2,1-5H3,(H,22,25)/t16-/m0/s1. The monoisotopic (exact) mass is 422 g/mol. The predicted molar refractivity (Wildman–Crippen MR) is 109 cm³/mol. The van der Waals surface area contributed by atoms with E-state index in [1.54, 1.807) is 39.0 Å². The summed E-state index contributed by atoms with van der Waals surface area (Å²) in [7, 11) is 3.03. The van der Waals surface area contributed by atoms with Gasteiger partial charge in [0.15, 0.2) is 17.3 Å². The Balaban J connectivity index is 1.82. The Kier molecular flexibility index (Phi) is 7.91. The minimum atomic E-state index is -0.641. The molecule has 0 bridgehead atoms. The number of Topliss-reactive ketones (excluding diaryl/α,β-unsaturated/α-hetero) is 1. The van der Waals surface area contributed by atoms with Crippen LogP contribution in [0.5, 0.6) is 17.2 Å². The fraction of sp³-hybridized carbons (Fsp3) is 0.571. The lowest BCUT2D eigenvalue weighted by Gasteiger charge is -2.28. The van der Waals surface area contributed by atoms with Gasteiger partial charge >= 0.3 is 6.09 Å². The van der Waals surface area contributed by atoms with Gasteiger partial charge in [0.05, 0.1) is 20.8 Å². The first kappa shape index (κ1) is 23.3. The number of ketones is 1. The Hall–Kier alpha value is -2.97. The summed E-state index contributed by atoms with van der Waals surface area (Å²) in [4.78, 5) is 38.3. The molecule has 1 saturated heterocycles. The summed E-state index contributed by atoms with van der Waals surface area (Å²) in [6, 6.07) is 4.30. The first-order valence-electron chi connectivity index (χ1n) is 9.78. The van der Waals surface area contributed by atoms with Crippen LogP contribution in [0.15, 0.2) is 18.2 Å². The van der Waals surface area contributed by atoms with Crippen LogP contribution < -0.4 is 19.5 Å². The molecule has 30 heavy (non-hydrogen) atoms. The van der Waals surface area contributed by atoms with Crippen LogP contribution in [0.4, 0.5) is 4.79 Å². The zero-order chi connectivity index (χ0) is 22.3. The molecule has 1 aliphatic heterocycles. The molecule has 1 atom stereocenters. The van der Waals surface area contributed by atoms with Gasteiger partial charge in [0, 0.05) is 12.6 Å². The van der Waals surface area contributed by atoms with E-state index in [9.17, 15) is 14.4 Å². The molecule has 1 aliphatic rings. The maximum atomic E-state index is 12.5. The van der Waals surface area contributed by atoms with Crippen LogP contribution in [0, 0.1) is 0 Å². The number of carbonyl (C=O) groups excluding carboxylic acids is 3. The van der Waals surface area contributed by atoms with Crippen molar-refractivity contribution in [3.8, 4) is 17.2 Å². The number of benzene rings is 1. The topological polar surface area (TPSA) is 103 Å². The van der Waals surface area contributed by atoms with Crippen molar-refractivity contribution in [2.24, 2.45) is 0 Å². The first-order chi connectivity index (χ1) is 14.1. The van der Waals surface area contributed by atoms with Crippen molar-refractivity contribution in [2.75, 3.05) is 33.9 Å². The number of carbonyl (C=O) groups is 3. The molecule has 2 amide bonds. The van der Waals surface area contributed by atoms with Crippen LogP contribution in [-0.4, -0.2) is 68.2 Å². The lowest BCUT2D eigenvalue weighted by atomic mass is 10.2. The number of nitrogens with zero attached hydrogens (tertiary/aromatic N) is 1. The fourth-order valence-electron chi connectivity index (χ4n) is 3.00. The molecule has 1 heterocycles. The third-order valence-corrected chi connectivity index (χ3v) is 4.40. The second-order valence-electron chi connectivity index (χ2n) is 7.89. The fourth-order valence-corrected chi connectivity index (χ4v) is 3.00. The molecule has 9 heteroatoms. The molecule has 0 radical (unpaired) electrons. The van der Waals surface area contributed by atoms with E-state index in [1.165, 1.54) is 19.1 Å². The van der Waals surface area contributed by atoms with Gasteiger partial charge in [0.2, 0.25) is 5.91 Å². The van der Waals surface area contributed by atoms with Crippen molar-refractivity contribution in [3.05, 3.63) is 18.2 Å². The molecule has 1 aromatic carbocycles. The largest absolute Gasteiger partial charge is 0.493 e. The summed E-state index contributed by atoms with van der Waals surface area (Å²) in [6.07, 6.45) is 0.706. The van der Waals surface area contributed by atoms with E-state index in [0.717, 1.165) is 0 Å². The van der Waals surface area contributed by atoms with Crippen LogP contribution in [0.2, 0.25) is 0 Å². The van der Waals surface area contributed by atoms with Gasteiger partial charge in [-0.1, -0.05) is 0 Å². The van der Waals surface area contributed by atoms with E-state index in [1.807, 2.05) is 0 Å². The van der Waals surface area contributed by atoms with Gasteiger partial charge in [0.1, 0.15) is 24.0 Å². The highest BCUT2D eigenvalue weighted by atomic mass is 16.6. The van der Waals surface area contributed by atoms with Gasteiger partial charge in [0.25, 0.3) is 0 Å². The Morgan fingerprint density at radius 3 is 2.47 bits per heavy atom. The van der Waals surface area contributed by atoms with Gasteiger partial charge < -0.3 is 24.3 Å². The molecule has 9 nitrogen and oxygen atoms in total. The maximum absolute atomic E-state index is 12.5. The van der Waals surface area contributed by atoms with E-state index in [2.05, 4.69) is 5.32 Å². The molecule has 1 aromatic rings. The normalized spacial score (nSPS) is 16.0. The average molecular weight is 422 g/mol. The summed E-state index contributed by atoms with van der Waals surface area (Å²) in [5, 5.41) is 2.59. The van der Waals surface area contributed by atoms with E-state index < -0.39 is 17.7 Å². The van der Waals surface area contributed by atoms with E-state index in [-0.39, 0.29) is 24.8 Å². The zero-order valence-electron chi connectivity index (χ0n) is 18.1. The molecule has 0 aromatic heterocycles. The van der Waals surface area contributed by atoms with E-state index in [4.69, 9.17) is 18.9 Å². The van der Waals surface area contributed by atoms with Crippen molar-refractivity contribution in [3.63, 3.8) is 0 Å². The second-order valence-corrected chi connectivity index (χ2v) is 7.89. The Morgan fingerprint density at radius 2 is 1.83 bits per heavy atom. The summed E-state index contributed by atoms with van der Waals surface area (Å²) >= 11 is 0. The minimum absolute atomic E-state index is 0.190. The summed E-state index contributed by atoms with van der Waals surface area (Å²) < 4.78 is 21.2. The Morgan fingerprint density at radius 1 is 1.13 bits per heavy atom. The van der Waals surface area contributed by atoms with E-state index >= 15 is 0 Å². The highest BCUT2D eigenvalue weighted by molar-refractivity contribution is 5.91. The van der Waals surface area contributed by atoms with Gasteiger partial charge in [-0.3, -0.25) is 14.5 Å². The second kappa shape index (κ2) is 10.2. The number of likely N-dealkylation sites (tertiary alicyclic amines) is 1. The SMILES string of the molecule is COc1ccc(OCC(=O)CNC(=O)[C@@H]2CCCN2C(=O)OC(C)(C)C)cc1OC. The van der Waals surface area contributed by atoms with Crippen LogP contribution in [-0.2, 0) is 14.3 Å². The van der Waals surface area contributed by atoms with Gasteiger partial charge in [-0.05, 0) is 45.7 Å². The van der Waals surface area contributed by atoms with E-state index in [0.29, 0.717) is 36.6 Å². The average Bonchev–Trinajstić information content (AvgIpc) is 3.19. The third-order valence-electron chi connectivity index (χ3n) is 4.40. The van der Waals surface area contributed by atoms with Crippen molar-refractivity contribution < 1.29 is 33.3 Å². The summed E-state index contributed by atoms with van der Waals surface area (Å²) in [5.74, 6) is 0.797. The molecule has 1 fully saturated rings. The number of hydrogen-bond donors (Lipinski definition) is 1. The lowest BCUT2D eigenvalue weighted by molar-refractivity contribution is -0.128. The molecule has 0 saturated carbocycles. The number of rotatable bonds is 8. The number of amides is 2. The van der Waals surface area contributed by atoms with Crippen LogP contribution in [0.25, 0.3) is 0 Å². The maximum Gasteiger partial charge on any atom is 0.410 e. The van der Waals surface area contributed by atoms with Crippen LogP contribution in [0.3, 0.4) is 0 Å². The Bertz CT molecular complexity index is 773. The minimum Gasteiger partial charge on any atom is -0.493 e. The Labute approximate surface area is 176 Å². The van der Waals surface area contributed by atoms with Crippen molar-refractivity contribution >= 4 is 17.8 Å². The van der Waals surface area contributed by atoms with Gasteiger partial charge in [-0.25, -0.2) is 4.79 Å². The highest BCUT2D eigenvalue weighted by Crippen LogP contribution is 2.30. The molecule has 0 spiro atoms. The lowest BCUT2D eigenvalue weighted by Crippen LogP contribution is -2.48. The van der Waals surface area contributed by atoms with Crippen LogP contribution >= 0.6 is 0 Å². The molecule has 0 unspecified atom stereocenters. The van der Waals surface area contributed by atoms with Crippen molar-refractivity contribution in [1.29, 1.82) is 0 Å². The highest BCUT2D eigenvalue weighted by Gasteiger charge is 2.36. The molecule has 1 N–H and O–H groups in total. The molecule has 166 valence electrons. The molecule has 2 rings (SSSR count). The van der Waals surface area contributed by atoms with Gasteiger partial charge in [-0.15, -0.1) is 0 Å². The smallest absolute Gasteiger partial charge is 0.410 e. The summed E-state index contributed by atoms with van der Waals surface area (Å²) in [6.45, 7) is 5.36. The first-order valence-corrected chi connectivity index (χ1v) is 9.78. The van der Waals surface area contributed by atoms with Gasteiger partial charge in [-0.2, -0.15) is 0 Å².